The van der Waals surface area contributed by atoms with Crippen molar-refractivity contribution in [2.45, 2.75) is 31.3 Å². The molecule has 2 N–H and O–H groups in total. The van der Waals surface area contributed by atoms with Crippen LogP contribution in [0.5, 0.6) is 0 Å². The number of nitrogens with one attached hydrogen (secondary N) is 1. The van der Waals surface area contributed by atoms with Crippen LogP contribution in [0.4, 0.5) is 4.39 Å². The third-order valence-corrected chi connectivity index (χ3v) is 4.48. The van der Waals surface area contributed by atoms with E-state index in [0.29, 0.717) is 31.4 Å². The van der Waals surface area contributed by atoms with Gasteiger partial charge in [-0.25, -0.2) is 4.39 Å². The fraction of sp³-hybridized carbons (Fsp3) is 0.316. The Hall–Kier alpha value is -2.20. The van der Waals surface area contributed by atoms with Gasteiger partial charge in [0, 0.05) is 12.1 Å². The average molecular weight is 313 g/mol. The fourth-order valence-electron chi connectivity index (χ4n) is 2.89. The highest BCUT2D eigenvalue weighted by molar-refractivity contribution is 5.91. The molecule has 4 heteroatoms. The molecule has 2 aromatic carbocycles. The zero-order chi connectivity index (χ0) is 16.3. The van der Waals surface area contributed by atoms with Crippen LogP contribution < -0.4 is 5.32 Å². The maximum Gasteiger partial charge on any atom is 0.230 e. The largest absolute Gasteiger partial charge is 0.392 e. The Bertz CT molecular complexity index is 693. The predicted molar refractivity (Wildman–Crippen MR) is 86.4 cm³/mol. The van der Waals surface area contributed by atoms with Crippen LogP contribution in [0.2, 0.25) is 0 Å². The summed E-state index contributed by atoms with van der Waals surface area (Å²) in [5.74, 6) is -0.394. The summed E-state index contributed by atoms with van der Waals surface area (Å²) in [5, 5.41) is 12.0. The molecule has 2 aromatic rings. The Balaban J connectivity index is 1.58. The second-order valence-corrected chi connectivity index (χ2v) is 6.04. The number of halogens is 1. The molecule has 0 aromatic heterocycles. The molecule has 0 aliphatic heterocycles. The molecule has 120 valence electrons. The molecule has 1 saturated carbocycles. The highest BCUT2D eigenvalue weighted by Crippen LogP contribution is 2.49. The Labute approximate surface area is 135 Å². The molecule has 23 heavy (non-hydrogen) atoms. The zero-order valence-corrected chi connectivity index (χ0v) is 12.9. The first-order valence-electron chi connectivity index (χ1n) is 7.88. The lowest BCUT2D eigenvalue weighted by Gasteiger charge is -2.16. The molecule has 3 nitrogen and oxygen atoms in total. The first-order valence-corrected chi connectivity index (χ1v) is 7.88. The SMILES string of the molecule is O=C(NCCc1ccc(CO)cc1)C1(c2ccccc2F)CC1. The van der Waals surface area contributed by atoms with Gasteiger partial charge in [0.05, 0.1) is 12.0 Å². The second kappa shape index (κ2) is 6.50. The minimum Gasteiger partial charge on any atom is -0.392 e. The van der Waals surface area contributed by atoms with E-state index < -0.39 is 5.41 Å². The normalized spacial score (nSPS) is 15.2. The Morgan fingerprint density at radius 2 is 1.74 bits per heavy atom. The van der Waals surface area contributed by atoms with Gasteiger partial charge in [-0.1, -0.05) is 42.5 Å². The molecule has 0 unspecified atom stereocenters. The van der Waals surface area contributed by atoms with Crippen molar-refractivity contribution in [2.24, 2.45) is 0 Å². The molecular weight excluding hydrogens is 293 g/mol. The highest BCUT2D eigenvalue weighted by atomic mass is 19.1. The molecule has 1 aliphatic rings. The van der Waals surface area contributed by atoms with Crippen LogP contribution in [0.1, 0.15) is 29.5 Å². The molecule has 1 fully saturated rings. The van der Waals surface area contributed by atoms with Crippen molar-refractivity contribution in [3.63, 3.8) is 0 Å². The molecule has 0 atom stereocenters. The molecule has 0 radical (unpaired) electrons. The first kappa shape index (κ1) is 15.7. The van der Waals surface area contributed by atoms with Crippen molar-refractivity contribution in [2.75, 3.05) is 6.54 Å². The summed E-state index contributed by atoms with van der Waals surface area (Å²) in [6.45, 7) is 0.551. The van der Waals surface area contributed by atoms with Crippen molar-refractivity contribution >= 4 is 5.91 Å². The summed E-state index contributed by atoms with van der Waals surface area (Å²) in [6.07, 6.45) is 2.11. The lowest BCUT2D eigenvalue weighted by molar-refractivity contribution is -0.123. The van der Waals surface area contributed by atoms with E-state index in [1.807, 2.05) is 24.3 Å². The number of hydrogen-bond donors (Lipinski definition) is 2. The first-order chi connectivity index (χ1) is 11.2. The van der Waals surface area contributed by atoms with E-state index in [0.717, 1.165) is 11.1 Å². The monoisotopic (exact) mass is 313 g/mol. The van der Waals surface area contributed by atoms with Crippen molar-refractivity contribution in [1.29, 1.82) is 0 Å². The number of hydrogen-bond acceptors (Lipinski definition) is 2. The lowest BCUT2D eigenvalue weighted by Crippen LogP contribution is -2.36. The quantitative estimate of drug-likeness (QED) is 0.861. The number of carbonyl (C=O) groups is 1. The number of aliphatic hydroxyl groups is 1. The highest BCUT2D eigenvalue weighted by Gasteiger charge is 2.52. The van der Waals surface area contributed by atoms with Crippen molar-refractivity contribution in [1.82, 2.24) is 5.32 Å². The van der Waals surface area contributed by atoms with Crippen molar-refractivity contribution in [3.8, 4) is 0 Å². The number of carbonyl (C=O) groups excluding carboxylic acids is 1. The van der Waals surface area contributed by atoms with Gasteiger partial charge in [0.1, 0.15) is 5.82 Å². The van der Waals surface area contributed by atoms with Gasteiger partial charge in [-0.05, 0) is 36.5 Å². The number of aliphatic hydroxyl groups excluding tert-OH is 1. The molecule has 0 spiro atoms. The van der Waals surface area contributed by atoms with Crippen LogP contribution in [0.15, 0.2) is 48.5 Å². The van der Waals surface area contributed by atoms with Gasteiger partial charge < -0.3 is 10.4 Å². The average Bonchev–Trinajstić information content (AvgIpc) is 3.37. The number of rotatable bonds is 6. The molecule has 1 aliphatic carbocycles. The maximum atomic E-state index is 13.9. The summed E-state index contributed by atoms with van der Waals surface area (Å²) in [6, 6.07) is 14.2. The smallest absolute Gasteiger partial charge is 0.230 e. The summed E-state index contributed by atoms with van der Waals surface area (Å²) < 4.78 is 13.9. The van der Waals surface area contributed by atoms with E-state index in [2.05, 4.69) is 5.32 Å². The zero-order valence-electron chi connectivity index (χ0n) is 12.9. The van der Waals surface area contributed by atoms with E-state index in [1.165, 1.54) is 6.07 Å². The third-order valence-electron chi connectivity index (χ3n) is 4.48. The van der Waals surface area contributed by atoms with E-state index in [1.54, 1.807) is 18.2 Å². The molecule has 3 rings (SSSR count). The molecule has 1 amide bonds. The second-order valence-electron chi connectivity index (χ2n) is 6.04. The van der Waals surface area contributed by atoms with Crippen LogP contribution >= 0.6 is 0 Å². The Kier molecular flexibility index (Phi) is 4.44. The standard InChI is InChI=1S/C19H20FNO2/c20-17-4-2-1-3-16(17)19(10-11-19)18(23)21-12-9-14-5-7-15(13-22)8-6-14/h1-8,22H,9-13H2,(H,21,23). The fourth-order valence-corrected chi connectivity index (χ4v) is 2.89. The van der Waals surface area contributed by atoms with Crippen LogP contribution in [0.3, 0.4) is 0 Å². The van der Waals surface area contributed by atoms with Crippen LogP contribution in [-0.4, -0.2) is 17.6 Å². The van der Waals surface area contributed by atoms with E-state index in [4.69, 9.17) is 5.11 Å². The Morgan fingerprint density at radius 1 is 1.09 bits per heavy atom. The molecule has 0 heterocycles. The van der Waals surface area contributed by atoms with Crippen LogP contribution in [-0.2, 0) is 23.2 Å². The molecular formula is C19H20FNO2. The van der Waals surface area contributed by atoms with Gasteiger partial charge >= 0.3 is 0 Å². The van der Waals surface area contributed by atoms with Crippen LogP contribution in [0, 0.1) is 5.82 Å². The van der Waals surface area contributed by atoms with Crippen molar-refractivity contribution < 1.29 is 14.3 Å². The van der Waals surface area contributed by atoms with Crippen LogP contribution in [0.25, 0.3) is 0 Å². The summed E-state index contributed by atoms with van der Waals surface area (Å²) in [4.78, 5) is 12.5. The van der Waals surface area contributed by atoms with E-state index >= 15 is 0 Å². The number of amides is 1. The minimum absolute atomic E-state index is 0.0299. The van der Waals surface area contributed by atoms with Gasteiger partial charge in [0.15, 0.2) is 0 Å². The van der Waals surface area contributed by atoms with Crippen molar-refractivity contribution in [3.05, 3.63) is 71.0 Å². The number of benzene rings is 2. The third kappa shape index (κ3) is 3.27. The topological polar surface area (TPSA) is 49.3 Å². The summed E-state index contributed by atoms with van der Waals surface area (Å²) in [5.41, 5.74) is 1.80. The lowest BCUT2D eigenvalue weighted by atomic mass is 9.94. The maximum absolute atomic E-state index is 13.9. The summed E-state index contributed by atoms with van der Waals surface area (Å²) >= 11 is 0. The van der Waals surface area contributed by atoms with Gasteiger partial charge in [-0.3, -0.25) is 4.79 Å². The summed E-state index contributed by atoms with van der Waals surface area (Å²) in [7, 11) is 0. The van der Waals surface area contributed by atoms with Gasteiger partial charge in [-0.2, -0.15) is 0 Å². The minimum atomic E-state index is -0.675. The molecule has 0 bridgehead atoms. The van der Waals surface area contributed by atoms with E-state index in [9.17, 15) is 9.18 Å². The van der Waals surface area contributed by atoms with E-state index in [-0.39, 0.29) is 18.3 Å². The predicted octanol–water partition coefficient (Wildman–Crippen LogP) is 2.71. The van der Waals surface area contributed by atoms with Gasteiger partial charge in [0.2, 0.25) is 5.91 Å². The Morgan fingerprint density at radius 3 is 2.35 bits per heavy atom. The molecule has 0 saturated heterocycles. The van der Waals surface area contributed by atoms with Gasteiger partial charge in [0.25, 0.3) is 0 Å². The van der Waals surface area contributed by atoms with Gasteiger partial charge in [-0.15, -0.1) is 0 Å².